The molecule has 1 unspecified atom stereocenters. The third-order valence-electron chi connectivity index (χ3n) is 5.30. The summed E-state index contributed by atoms with van der Waals surface area (Å²) in [7, 11) is 0. The van der Waals surface area contributed by atoms with Crippen molar-refractivity contribution in [2.24, 2.45) is 11.1 Å². The number of hydrogen-bond donors (Lipinski definition) is 1. The van der Waals surface area contributed by atoms with E-state index in [1.165, 1.54) is 0 Å². The van der Waals surface area contributed by atoms with E-state index in [2.05, 4.69) is 11.9 Å². The quantitative estimate of drug-likeness (QED) is 0.671. The summed E-state index contributed by atoms with van der Waals surface area (Å²) in [5.41, 5.74) is 10.6. The lowest BCUT2D eigenvalue weighted by Crippen LogP contribution is -2.36. The predicted molar refractivity (Wildman–Crippen MR) is 118 cm³/mol. The molecule has 4 rings (SSSR count). The van der Waals surface area contributed by atoms with Crippen LogP contribution in [-0.2, 0) is 11.3 Å². The highest BCUT2D eigenvalue weighted by atomic mass is 35.5. The van der Waals surface area contributed by atoms with Gasteiger partial charge in [-0.25, -0.2) is 9.97 Å². The number of halogens is 2. The molecular weight excluding hydrogens is 417 g/mol. The van der Waals surface area contributed by atoms with Gasteiger partial charge in [0.2, 0.25) is 5.91 Å². The van der Waals surface area contributed by atoms with Crippen LogP contribution in [0, 0.1) is 12.3 Å². The van der Waals surface area contributed by atoms with Gasteiger partial charge in [0.15, 0.2) is 5.82 Å². The van der Waals surface area contributed by atoms with Gasteiger partial charge in [-0.05, 0) is 37.4 Å². The van der Waals surface area contributed by atoms with E-state index in [1.54, 1.807) is 11.3 Å². The molecule has 3 heterocycles. The minimum absolute atomic E-state index is 0. The monoisotopic (exact) mass is 441 g/mol. The summed E-state index contributed by atoms with van der Waals surface area (Å²) in [4.78, 5) is 25.1. The maximum absolute atomic E-state index is 13.0. The number of benzene rings is 1. The first-order valence-electron chi connectivity index (χ1n) is 8.84. The molecule has 2 N–H and O–H groups in total. The third-order valence-corrected chi connectivity index (χ3v) is 6.22. The van der Waals surface area contributed by atoms with Crippen molar-refractivity contribution in [1.82, 2.24) is 19.4 Å². The molecule has 0 spiro atoms. The summed E-state index contributed by atoms with van der Waals surface area (Å²) in [6.45, 7) is 6.52. The Hall–Kier alpha value is -1.67. The molecule has 28 heavy (non-hydrogen) atoms. The van der Waals surface area contributed by atoms with Crippen molar-refractivity contribution in [2.75, 3.05) is 19.6 Å². The van der Waals surface area contributed by atoms with Crippen LogP contribution in [-0.4, -0.2) is 45.0 Å². The molecule has 1 aromatic carbocycles. The fourth-order valence-electron chi connectivity index (χ4n) is 3.56. The molecule has 2 aromatic heterocycles. The van der Waals surface area contributed by atoms with Crippen molar-refractivity contribution in [3.63, 3.8) is 0 Å². The van der Waals surface area contributed by atoms with Crippen molar-refractivity contribution in [3.05, 3.63) is 35.5 Å². The van der Waals surface area contributed by atoms with Crippen LogP contribution >= 0.6 is 36.2 Å². The van der Waals surface area contributed by atoms with Gasteiger partial charge in [-0.3, -0.25) is 4.79 Å². The first kappa shape index (κ1) is 22.6. The van der Waals surface area contributed by atoms with Crippen LogP contribution in [0.2, 0.25) is 0 Å². The second-order valence-electron chi connectivity index (χ2n) is 7.36. The molecule has 152 valence electrons. The van der Waals surface area contributed by atoms with Gasteiger partial charge >= 0.3 is 0 Å². The second-order valence-corrected chi connectivity index (χ2v) is 8.21. The second kappa shape index (κ2) is 8.78. The number of nitrogens with zero attached hydrogens (tertiary/aromatic N) is 4. The number of thiazole rings is 1. The smallest absolute Gasteiger partial charge is 0.242 e. The number of aryl methyl sites for hydroxylation is 1. The summed E-state index contributed by atoms with van der Waals surface area (Å²) < 4.78 is 2.02. The molecule has 1 fully saturated rings. The zero-order valence-corrected chi connectivity index (χ0v) is 18.4. The van der Waals surface area contributed by atoms with Crippen LogP contribution < -0.4 is 5.73 Å². The Balaban J connectivity index is 0.00000140. The van der Waals surface area contributed by atoms with E-state index in [9.17, 15) is 4.79 Å². The van der Waals surface area contributed by atoms with E-state index in [0.29, 0.717) is 6.54 Å². The van der Waals surface area contributed by atoms with Gasteiger partial charge < -0.3 is 15.2 Å². The van der Waals surface area contributed by atoms with E-state index in [4.69, 9.17) is 10.7 Å². The highest BCUT2D eigenvalue weighted by Crippen LogP contribution is 2.32. The van der Waals surface area contributed by atoms with Crippen molar-refractivity contribution < 1.29 is 4.79 Å². The van der Waals surface area contributed by atoms with E-state index < -0.39 is 0 Å². The van der Waals surface area contributed by atoms with Gasteiger partial charge in [0, 0.05) is 13.1 Å². The molecule has 0 saturated carbocycles. The molecular formula is C19H25Cl2N5OS. The number of imidazole rings is 1. The standard InChI is InChI=1S/C19H23N5OS.2ClH/c1-13-17(26-12-21-13)18-22-14-5-3-4-6-15(14)24(18)9-16(25)23-8-7-19(2,10-20)11-23;;/h3-6,12H,7-11,20H2,1-2H3;2*1H. The zero-order valence-electron chi connectivity index (χ0n) is 15.9. The Morgan fingerprint density at radius 2 is 2.07 bits per heavy atom. The maximum atomic E-state index is 13.0. The number of likely N-dealkylation sites (tertiary alicyclic amines) is 1. The summed E-state index contributed by atoms with van der Waals surface area (Å²) in [5, 5.41) is 0. The van der Waals surface area contributed by atoms with Crippen molar-refractivity contribution >= 4 is 53.1 Å². The topological polar surface area (TPSA) is 77.0 Å². The SMILES string of the molecule is Cc1ncsc1-c1nc2ccccc2n1CC(=O)N1CCC(C)(CN)C1.Cl.Cl. The number of aromatic nitrogens is 3. The number of rotatable bonds is 4. The molecule has 1 atom stereocenters. The Morgan fingerprint density at radius 1 is 1.32 bits per heavy atom. The molecule has 0 aliphatic carbocycles. The number of carbonyl (C=O) groups is 1. The van der Waals surface area contributed by atoms with Gasteiger partial charge in [0.05, 0.1) is 27.1 Å². The fourth-order valence-corrected chi connectivity index (χ4v) is 4.36. The number of fused-ring (bicyclic) bond motifs is 1. The normalized spacial score (nSPS) is 18.8. The first-order valence-corrected chi connectivity index (χ1v) is 9.72. The predicted octanol–water partition coefficient (Wildman–Crippen LogP) is 3.51. The lowest BCUT2D eigenvalue weighted by atomic mass is 9.90. The van der Waals surface area contributed by atoms with Gasteiger partial charge in [0.1, 0.15) is 6.54 Å². The Labute approximate surface area is 181 Å². The van der Waals surface area contributed by atoms with Crippen LogP contribution in [0.25, 0.3) is 21.7 Å². The molecule has 1 aliphatic rings. The van der Waals surface area contributed by atoms with Crippen LogP contribution in [0.1, 0.15) is 19.0 Å². The average Bonchev–Trinajstić information content (AvgIpc) is 3.33. The molecule has 1 amide bonds. The molecule has 9 heteroatoms. The molecule has 3 aromatic rings. The zero-order chi connectivity index (χ0) is 18.3. The van der Waals surface area contributed by atoms with Gasteiger partial charge in [-0.2, -0.15) is 0 Å². The maximum Gasteiger partial charge on any atom is 0.242 e. The number of para-hydroxylation sites is 2. The van der Waals surface area contributed by atoms with Gasteiger partial charge in [-0.15, -0.1) is 36.2 Å². The summed E-state index contributed by atoms with van der Waals surface area (Å²) in [6, 6.07) is 7.95. The summed E-state index contributed by atoms with van der Waals surface area (Å²) >= 11 is 1.56. The van der Waals surface area contributed by atoms with Gasteiger partial charge in [0.25, 0.3) is 0 Å². The highest BCUT2D eigenvalue weighted by molar-refractivity contribution is 7.13. The molecule has 1 aliphatic heterocycles. The fraction of sp³-hybridized carbons (Fsp3) is 0.421. The van der Waals surface area contributed by atoms with Crippen molar-refractivity contribution in [2.45, 2.75) is 26.8 Å². The first-order chi connectivity index (χ1) is 12.5. The van der Waals surface area contributed by atoms with E-state index in [0.717, 1.165) is 46.9 Å². The Morgan fingerprint density at radius 3 is 2.71 bits per heavy atom. The lowest BCUT2D eigenvalue weighted by molar-refractivity contribution is -0.131. The lowest BCUT2D eigenvalue weighted by Gasteiger charge is -2.23. The Kier molecular flexibility index (Phi) is 7.09. The number of amides is 1. The largest absolute Gasteiger partial charge is 0.341 e. The van der Waals surface area contributed by atoms with Crippen LogP contribution in [0.4, 0.5) is 0 Å². The number of nitrogens with two attached hydrogens (primary N) is 1. The molecule has 0 bridgehead atoms. The number of hydrogen-bond acceptors (Lipinski definition) is 5. The summed E-state index contributed by atoms with van der Waals surface area (Å²) in [6.07, 6.45) is 0.959. The number of carbonyl (C=O) groups excluding carboxylic acids is 1. The minimum atomic E-state index is 0. The van der Waals surface area contributed by atoms with E-state index in [1.807, 2.05) is 46.2 Å². The van der Waals surface area contributed by atoms with Crippen molar-refractivity contribution in [1.29, 1.82) is 0 Å². The van der Waals surface area contributed by atoms with Crippen LogP contribution in [0.15, 0.2) is 29.8 Å². The third kappa shape index (κ3) is 4.03. The summed E-state index contributed by atoms with van der Waals surface area (Å²) in [5.74, 6) is 0.939. The van der Waals surface area contributed by atoms with Gasteiger partial charge in [-0.1, -0.05) is 19.1 Å². The van der Waals surface area contributed by atoms with E-state index in [-0.39, 0.29) is 42.7 Å². The van der Waals surface area contributed by atoms with Crippen LogP contribution in [0.3, 0.4) is 0 Å². The Bertz CT molecular complexity index is 972. The molecule has 0 radical (unpaired) electrons. The molecule has 1 saturated heterocycles. The minimum Gasteiger partial charge on any atom is -0.341 e. The highest BCUT2D eigenvalue weighted by Gasteiger charge is 2.35. The average molecular weight is 442 g/mol. The van der Waals surface area contributed by atoms with Crippen molar-refractivity contribution in [3.8, 4) is 10.7 Å². The van der Waals surface area contributed by atoms with E-state index >= 15 is 0 Å². The molecule has 6 nitrogen and oxygen atoms in total. The van der Waals surface area contributed by atoms with Crippen LogP contribution in [0.5, 0.6) is 0 Å².